The van der Waals surface area contributed by atoms with Crippen molar-refractivity contribution in [3.63, 3.8) is 0 Å². The molecule has 5 heteroatoms. The van der Waals surface area contributed by atoms with Crippen LogP contribution in [0.3, 0.4) is 0 Å². The van der Waals surface area contributed by atoms with Gasteiger partial charge in [0.2, 0.25) is 0 Å². The van der Waals surface area contributed by atoms with Gasteiger partial charge in [0, 0.05) is 35.9 Å². The summed E-state index contributed by atoms with van der Waals surface area (Å²) in [7, 11) is 0. The lowest BCUT2D eigenvalue weighted by Gasteiger charge is -2.00. The molecule has 4 aromatic rings. The first kappa shape index (κ1) is 16.4. The smallest absolute Gasteiger partial charge is 0.185 e. The molecule has 5 nitrogen and oxygen atoms in total. The number of Topliss-reactive ketones (excluding diaryl/α,β-unsaturated/α-hetero) is 1. The van der Waals surface area contributed by atoms with Crippen LogP contribution in [0.15, 0.2) is 72.3 Å². The zero-order chi connectivity index (χ0) is 18.9. The fourth-order valence-corrected chi connectivity index (χ4v) is 3.52. The van der Waals surface area contributed by atoms with Crippen LogP contribution in [0.1, 0.15) is 24.0 Å². The van der Waals surface area contributed by atoms with Crippen LogP contribution in [0.2, 0.25) is 0 Å². The molecule has 0 unspecified atom stereocenters. The number of hydrogen-bond acceptors (Lipinski definition) is 5. The molecule has 28 heavy (non-hydrogen) atoms. The summed E-state index contributed by atoms with van der Waals surface area (Å²) >= 11 is 0. The van der Waals surface area contributed by atoms with Crippen molar-refractivity contribution in [1.29, 1.82) is 0 Å². The van der Waals surface area contributed by atoms with E-state index in [1.54, 1.807) is 24.8 Å². The van der Waals surface area contributed by atoms with Gasteiger partial charge in [0.1, 0.15) is 0 Å². The van der Waals surface area contributed by atoms with Gasteiger partial charge >= 0.3 is 0 Å². The van der Waals surface area contributed by atoms with Crippen molar-refractivity contribution in [2.24, 2.45) is 0 Å². The molecule has 1 fully saturated rings. The number of carbonyl (C=O) groups is 1. The van der Waals surface area contributed by atoms with Gasteiger partial charge in [-0.2, -0.15) is 0 Å². The van der Waals surface area contributed by atoms with E-state index in [2.05, 4.69) is 19.9 Å². The molecule has 0 bridgehead atoms. The van der Waals surface area contributed by atoms with Gasteiger partial charge in [-0.25, -0.2) is 0 Å². The van der Waals surface area contributed by atoms with Crippen LogP contribution in [0.4, 0.5) is 0 Å². The number of allylic oxidation sites excluding steroid dienone is 2. The van der Waals surface area contributed by atoms with E-state index < -0.39 is 0 Å². The number of nitrogens with zero attached hydrogens (tertiary/aromatic N) is 4. The fraction of sp³-hybridized carbons (Fsp3) is 0.0870. The predicted octanol–water partition coefficient (Wildman–Crippen LogP) is 4.40. The van der Waals surface area contributed by atoms with E-state index in [4.69, 9.17) is 0 Å². The molecule has 0 radical (unpaired) electrons. The molecule has 0 saturated heterocycles. The Morgan fingerprint density at radius 1 is 0.607 bits per heavy atom. The maximum atomic E-state index is 12.8. The zero-order valence-corrected chi connectivity index (χ0v) is 15.0. The molecule has 0 spiro atoms. The molecule has 5 rings (SSSR count). The maximum Gasteiger partial charge on any atom is 0.185 e. The second kappa shape index (κ2) is 6.78. The van der Waals surface area contributed by atoms with Crippen LogP contribution in [-0.4, -0.2) is 25.7 Å². The van der Waals surface area contributed by atoms with E-state index in [9.17, 15) is 4.79 Å². The summed E-state index contributed by atoms with van der Waals surface area (Å²) in [5.41, 5.74) is 6.96. The number of benzene rings is 2. The minimum absolute atomic E-state index is 0.110. The van der Waals surface area contributed by atoms with Gasteiger partial charge in [0.25, 0.3) is 0 Å². The van der Waals surface area contributed by atoms with Crippen molar-refractivity contribution < 1.29 is 4.79 Å². The Morgan fingerprint density at radius 2 is 1.04 bits per heavy atom. The molecule has 1 aliphatic carbocycles. The molecule has 2 aromatic carbocycles. The van der Waals surface area contributed by atoms with Gasteiger partial charge in [0.05, 0.1) is 22.1 Å². The third-order valence-corrected chi connectivity index (χ3v) is 4.92. The van der Waals surface area contributed by atoms with E-state index in [0.717, 1.165) is 57.2 Å². The van der Waals surface area contributed by atoms with Crippen molar-refractivity contribution in [3.05, 3.63) is 83.5 Å². The van der Waals surface area contributed by atoms with Crippen molar-refractivity contribution in [2.75, 3.05) is 0 Å². The van der Waals surface area contributed by atoms with Crippen molar-refractivity contribution in [1.82, 2.24) is 19.9 Å². The average molecular weight is 364 g/mol. The fourth-order valence-electron chi connectivity index (χ4n) is 3.52. The lowest BCUT2D eigenvalue weighted by molar-refractivity contribution is -0.111. The number of aromatic nitrogens is 4. The Kier molecular flexibility index (Phi) is 3.98. The quantitative estimate of drug-likeness (QED) is 0.493. The third kappa shape index (κ3) is 3.07. The Bertz CT molecular complexity index is 1190. The minimum atomic E-state index is 0.110. The van der Waals surface area contributed by atoms with E-state index >= 15 is 0 Å². The van der Waals surface area contributed by atoms with Crippen molar-refractivity contribution >= 4 is 40.0 Å². The SMILES string of the molecule is O=C1/C(=C/c2ccc3nccnc3c2)CC/C1=C\c1ccc2nccnc2c1. The van der Waals surface area contributed by atoms with Crippen LogP contribution in [0.25, 0.3) is 34.2 Å². The highest BCUT2D eigenvalue weighted by atomic mass is 16.1. The second-order valence-electron chi connectivity index (χ2n) is 6.78. The largest absolute Gasteiger partial charge is 0.289 e. The van der Waals surface area contributed by atoms with Gasteiger partial charge in [-0.1, -0.05) is 12.1 Å². The Morgan fingerprint density at radius 3 is 1.50 bits per heavy atom. The van der Waals surface area contributed by atoms with Gasteiger partial charge in [-0.15, -0.1) is 0 Å². The van der Waals surface area contributed by atoms with E-state index in [1.165, 1.54) is 0 Å². The molecule has 0 amide bonds. The lowest BCUT2D eigenvalue weighted by atomic mass is 10.1. The summed E-state index contributed by atoms with van der Waals surface area (Å²) in [6.07, 6.45) is 12.1. The van der Waals surface area contributed by atoms with Crippen molar-refractivity contribution in [3.8, 4) is 0 Å². The zero-order valence-electron chi connectivity index (χ0n) is 15.0. The minimum Gasteiger partial charge on any atom is -0.289 e. The standard InChI is InChI=1S/C23H16N4O/c28-23-17(11-15-1-5-19-21(13-15)26-9-7-24-19)3-4-18(23)12-16-2-6-20-22(14-16)27-10-8-25-20/h1-2,5-14H,3-4H2/b17-11+,18-12+. The molecule has 134 valence electrons. The second-order valence-corrected chi connectivity index (χ2v) is 6.78. The summed E-state index contributed by atoms with van der Waals surface area (Å²) in [4.78, 5) is 30.1. The average Bonchev–Trinajstić information content (AvgIpc) is 3.07. The Hall–Kier alpha value is -3.73. The number of hydrogen-bond donors (Lipinski definition) is 0. The first-order valence-electron chi connectivity index (χ1n) is 9.14. The number of rotatable bonds is 2. The summed E-state index contributed by atoms with van der Waals surface area (Å²) in [5.74, 6) is 0.110. The molecular formula is C23H16N4O. The van der Waals surface area contributed by atoms with Crippen LogP contribution in [-0.2, 0) is 4.79 Å². The van der Waals surface area contributed by atoms with Gasteiger partial charge in [-0.05, 0) is 60.4 Å². The van der Waals surface area contributed by atoms with Crippen LogP contribution in [0.5, 0.6) is 0 Å². The number of fused-ring (bicyclic) bond motifs is 2. The Balaban J connectivity index is 1.44. The van der Waals surface area contributed by atoms with Crippen LogP contribution < -0.4 is 0 Å². The van der Waals surface area contributed by atoms with Gasteiger partial charge in [-0.3, -0.25) is 24.7 Å². The van der Waals surface area contributed by atoms with E-state index in [0.29, 0.717) is 0 Å². The Labute approximate surface area is 161 Å². The van der Waals surface area contributed by atoms with Crippen molar-refractivity contribution in [2.45, 2.75) is 12.8 Å². The van der Waals surface area contributed by atoms with Gasteiger partial charge in [0.15, 0.2) is 5.78 Å². The monoisotopic (exact) mass is 364 g/mol. The van der Waals surface area contributed by atoms with E-state index in [-0.39, 0.29) is 5.78 Å². The molecule has 0 aliphatic heterocycles. The predicted molar refractivity (Wildman–Crippen MR) is 109 cm³/mol. The first-order chi connectivity index (χ1) is 13.8. The van der Waals surface area contributed by atoms with E-state index in [1.807, 2.05) is 48.6 Å². The lowest BCUT2D eigenvalue weighted by Crippen LogP contribution is -1.96. The molecule has 1 saturated carbocycles. The number of ketones is 1. The van der Waals surface area contributed by atoms with Crippen LogP contribution >= 0.6 is 0 Å². The highest BCUT2D eigenvalue weighted by Gasteiger charge is 2.23. The first-order valence-corrected chi connectivity index (χ1v) is 9.14. The van der Waals surface area contributed by atoms with Gasteiger partial charge < -0.3 is 0 Å². The topological polar surface area (TPSA) is 68.6 Å². The molecular weight excluding hydrogens is 348 g/mol. The molecule has 2 aromatic heterocycles. The molecule has 2 heterocycles. The summed E-state index contributed by atoms with van der Waals surface area (Å²) in [5, 5.41) is 0. The van der Waals surface area contributed by atoms with Crippen LogP contribution in [0, 0.1) is 0 Å². The summed E-state index contributed by atoms with van der Waals surface area (Å²) < 4.78 is 0. The summed E-state index contributed by atoms with van der Waals surface area (Å²) in [6, 6.07) is 11.7. The number of carbonyl (C=O) groups excluding carboxylic acids is 1. The maximum absolute atomic E-state index is 12.8. The summed E-state index contributed by atoms with van der Waals surface area (Å²) in [6.45, 7) is 0. The third-order valence-electron chi connectivity index (χ3n) is 4.92. The normalized spacial score (nSPS) is 17.2. The highest BCUT2D eigenvalue weighted by molar-refractivity contribution is 6.15. The molecule has 1 aliphatic rings. The highest BCUT2D eigenvalue weighted by Crippen LogP contribution is 2.30. The molecule has 0 N–H and O–H groups in total. The molecule has 0 atom stereocenters.